The molecule has 0 fully saturated rings. The van der Waals surface area contributed by atoms with E-state index < -0.39 is 0 Å². The summed E-state index contributed by atoms with van der Waals surface area (Å²) in [5, 5.41) is 0. The summed E-state index contributed by atoms with van der Waals surface area (Å²) in [4.78, 5) is 4.21. The molecule has 3 rings (SSSR count). The topological polar surface area (TPSA) is 26.5 Å². The highest BCUT2D eigenvalue weighted by molar-refractivity contribution is 5.47. The quantitative estimate of drug-likeness (QED) is 0.713. The zero-order chi connectivity index (χ0) is 13.2. The van der Waals surface area contributed by atoms with Gasteiger partial charge in [-0.25, -0.2) is 4.98 Å². The Morgan fingerprint density at radius 2 is 1.89 bits per heavy atom. The van der Waals surface area contributed by atoms with Gasteiger partial charge in [-0.05, 0) is 29.8 Å². The van der Waals surface area contributed by atoms with Gasteiger partial charge in [0, 0.05) is 11.6 Å². The second kappa shape index (κ2) is 4.76. The summed E-state index contributed by atoms with van der Waals surface area (Å²) in [6.07, 6.45) is 3.74. The number of hydrogen-bond acceptors (Lipinski definition) is 2. The molecule has 0 spiro atoms. The predicted molar refractivity (Wildman–Crippen MR) is 75.7 cm³/mol. The minimum absolute atomic E-state index is 0.309. The van der Waals surface area contributed by atoms with Crippen molar-refractivity contribution in [3.05, 3.63) is 66.2 Å². The van der Waals surface area contributed by atoms with Crippen LogP contribution >= 0.6 is 0 Å². The van der Waals surface area contributed by atoms with Crippen molar-refractivity contribution in [3.63, 3.8) is 0 Å². The van der Waals surface area contributed by atoms with Gasteiger partial charge in [-0.3, -0.25) is 0 Å². The van der Waals surface area contributed by atoms with Crippen molar-refractivity contribution in [3.8, 4) is 5.75 Å². The normalized spacial score (nSPS) is 12.5. The van der Waals surface area contributed by atoms with Crippen molar-refractivity contribution in [1.82, 2.24) is 9.38 Å². The van der Waals surface area contributed by atoms with Gasteiger partial charge in [0.25, 0.3) is 0 Å². The van der Waals surface area contributed by atoms with E-state index in [1.54, 1.807) is 7.11 Å². The molecule has 0 N–H and O–H groups in total. The van der Waals surface area contributed by atoms with Crippen LogP contribution in [-0.2, 0) is 0 Å². The maximum absolute atomic E-state index is 5.20. The third-order valence-corrected chi connectivity index (χ3v) is 3.54. The molecular formula is C16H16N2O. The molecule has 0 bridgehead atoms. The highest BCUT2D eigenvalue weighted by atomic mass is 16.5. The minimum Gasteiger partial charge on any atom is -0.497 e. The first-order chi connectivity index (χ1) is 9.29. The number of aromatic nitrogens is 2. The summed E-state index contributed by atoms with van der Waals surface area (Å²) >= 11 is 0. The van der Waals surface area contributed by atoms with Gasteiger partial charge in [0.05, 0.1) is 25.2 Å². The van der Waals surface area contributed by atoms with Crippen LogP contribution in [-0.4, -0.2) is 16.5 Å². The maximum Gasteiger partial charge on any atom is 0.118 e. The Bertz CT molecular complexity index is 685. The van der Waals surface area contributed by atoms with E-state index in [9.17, 15) is 0 Å². The van der Waals surface area contributed by atoms with Crippen molar-refractivity contribution in [2.75, 3.05) is 7.11 Å². The van der Waals surface area contributed by atoms with Gasteiger partial charge < -0.3 is 9.14 Å². The number of ether oxygens (including phenoxy) is 1. The summed E-state index contributed by atoms with van der Waals surface area (Å²) in [5.41, 5.74) is 3.63. The molecule has 1 aromatic carbocycles. The van der Waals surface area contributed by atoms with Crippen molar-refractivity contribution >= 4 is 5.52 Å². The van der Waals surface area contributed by atoms with Gasteiger partial charge in [-0.1, -0.05) is 25.1 Å². The smallest absolute Gasteiger partial charge is 0.118 e. The van der Waals surface area contributed by atoms with Crippen molar-refractivity contribution in [2.45, 2.75) is 12.8 Å². The molecule has 0 aliphatic rings. The third-order valence-electron chi connectivity index (χ3n) is 3.54. The summed E-state index contributed by atoms with van der Waals surface area (Å²) in [6.45, 7) is 2.20. The third kappa shape index (κ3) is 2.08. The molecule has 96 valence electrons. The molecule has 0 aliphatic heterocycles. The Morgan fingerprint density at radius 3 is 2.63 bits per heavy atom. The van der Waals surface area contributed by atoms with E-state index in [4.69, 9.17) is 4.74 Å². The van der Waals surface area contributed by atoms with Gasteiger partial charge in [-0.15, -0.1) is 0 Å². The van der Waals surface area contributed by atoms with E-state index in [1.165, 1.54) is 11.3 Å². The number of pyridine rings is 1. The molecule has 0 amide bonds. The minimum atomic E-state index is 0.309. The van der Waals surface area contributed by atoms with E-state index in [2.05, 4.69) is 46.6 Å². The SMILES string of the molecule is COc1ccc(C(C)c2cccc3cncn23)cc1. The lowest BCUT2D eigenvalue weighted by Gasteiger charge is -2.15. The fourth-order valence-electron chi connectivity index (χ4n) is 2.39. The van der Waals surface area contributed by atoms with Crippen LogP contribution in [0.3, 0.4) is 0 Å². The summed E-state index contributed by atoms with van der Waals surface area (Å²) in [7, 11) is 1.69. The Kier molecular flexibility index (Phi) is 2.95. The standard InChI is InChI=1S/C16H16N2O/c1-12(13-6-8-15(19-2)9-7-13)16-5-3-4-14-10-17-11-18(14)16/h3-12H,1-2H3. The van der Waals surface area contributed by atoms with Crippen molar-refractivity contribution in [1.29, 1.82) is 0 Å². The zero-order valence-corrected chi connectivity index (χ0v) is 11.1. The lowest BCUT2D eigenvalue weighted by Crippen LogP contribution is -2.02. The molecule has 0 saturated carbocycles. The lowest BCUT2D eigenvalue weighted by molar-refractivity contribution is 0.414. The number of hydrogen-bond donors (Lipinski definition) is 0. The van der Waals surface area contributed by atoms with Crippen molar-refractivity contribution < 1.29 is 4.74 Å². The molecule has 19 heavy (non-hydrogen) atoms. The molecule has 1 unspecified atom stereocenters. The largest absolute Gasteiger partial charge is 0.497 e. The highest BCUT2D eigenvalue weighted by Gasteiger charge is 2.11. The number of fused-ring (bicyclic) bond motifs is 1. The molecule has 0 saturated heterocycles. The second-order valence-electron chi connectivity index (χ2n) is 4.63. The Morgan fingerprint density at radius 1 is 1.11 bits per heavy atom. The Labute approximate surface area is 112 Å². The van der Waals surface area contributed by atoms with Gasteiger partial charge >= 0.3 is 0 Å². The van der Waals surface area contributed by atoms with E-state index >= 15 is 0 Å². The number of imidazole rings is 1. The number of benzene rings is 1. The van der Waals surface area contributed by atoms with Crippen molar-refractivity contribution in [2.24, 2.45) is 0 Å². The fraction of sp³-hybridized carbons (Fsp3) is 0.188. The van der Waals surface area contributed by atoms with E-state index in [1.807, 2.05) is 24.7 Å². The van der Waals surface area contributed by atoms with E-state index in [0.29, 0.717) is 5.92 Å². The lowest BCUT2D eigenvalue weighted by atomic mass is 9.97. The molecule has 0 aliphatic carbocycles. The van der Waals surface area contributed by atoms with Gasteiger partial charge in [0.15, 0.2) is 0 Å². The van der Waals surface area contributed by atoms with Crippen LogP contribution in [0.25, 0.3) is 5.52 Å². The maximum atomic E-state index is 5.20. The molecule has 1 atom stereocenters. The first-order valence-electron chi connectivity index (χ1n) is 6.34. The van der Waals surface area contributed by atoms with Crippen LogP contribution in [0.15, 0.2) is 55.0 Å². The zero-order valence-electron chi connectivity index (χ0n) is 11.1. The number of methoxy groups -OCH3 is 1. The molecule has 3 aromatic rings. The highest BCUT2D eigenvalue weighted by Crippen LogP contribution is 2.26. The Balaban J connectivity index is 2.02. The summed E-state index contributed by atoms with van der Waals surface area (Å²) < 4.78 is 7.33. The van der Waals surface area contributed by atoms with Crippen LogP contribution in [0.5, 0.6) is 5.75 Å². The van der Waals surface area contributed by atoms with Crippen LogP contribution in [0.4, 0.5) is 0 Å². The van der Waals surface area contributed by atoms with Crippen LogP contribution in [0, 0.1) is 0 Å². The molecule has 3 nitrogen and oxygen atoms in total. The molecule has 2 heterocycles. The van der Waals surface area contributed by atoms with Gasteiger partial charge in [0.1, 0.15) is 5.75 Å². The average molecular weight is 252 g/mol. The Hall–Kier alpha value is -2.29. The molecule has 3 heteroatoms. The summed E-state index contributed by atoms with van der Waals surface area (Å²) in [6, 6.07) is 14.5. The fourth-order valence-corrected chi connectivity index (χ4v) is 2.39. The second-order valence-corrected chi connectivity index (χ2v) is 4.63. The van der Waals surface area contributed by atoms with Gasteiger partial charge in [0.2, 0.25) is 0 Å². The van der Waals surface area contributed by atoms with Crippen LogP contribution < -0.4 is 4.74 Å². The molecule has 2 aromatic heterocycles. The number of nitrogens with zero attached hydrogens (tertiary/aromatic N) is 2. The first kappa shape index (κ1) is 11.8. The number of rotatable bonds is 3. The summed E-state index contributed by atoms with van der Waals surface area (Å²) in [5.74, 6) is 1.19. The van der Waals surface area contributed by atoms with E-state index in [-0.39, 0.29) is 0 Å². The molecular weight excluding hydrogens is 236 g/mol. The first-order valence-corrected chi connectivity index (χ1v) is 6.34. The predicted octanol–water partition coefficient (Wildman–Crippen LogP) is 3.49. The molecule has 0 radical (unpaired) electrons. The van der Waals surface area contributed by atoms with Crippen LogP contribution in [0.1, 0.15) is 24.1 Å². The van der Waals surface area contributed by atoms with E-state index in [0.717, 1.165) is 11.3 Å². The van der Waals surface area contributed by atoms with Crippen LogP contribution in [0.2, 0.25) is 0 Å². The van der Waals surface area contributed by atoms with Gasteiger partial charge in [-0.2, -0.15) is 0 Å². The monoisotopic (exact) mass is 252 g/mol. The average Bonchev–Trinajstić information content (AvgIpc) is 2.95.